The lowest BCUT2D eigenvalue weighted by molar-refractivity contribution is 0.0697. The second kappa shape index (κ2) is 7.80. The highest BCUT2D eigenvalue weighted by atomic mass is 16.4. The lowest BCUT2D eigenvalue weighted by atomic mass is 9.89. The summed E-state index contributed by atoms with van der Waals surface area (Å²) in [5.41, 5.74) is 2.85. The van der Waals surface area contributed by atoms with Gasteiger partial charge in [0, 0.05) is 18.3 Å². The Morgan fingerprint density at radius 2 is 2.04 bits per heavy atom. The highest BCUT2D eigenvalue weighted by molar-refractivity contribution is 5.89. The Hall–Kier alpha value is -2.87. The van der Waals surface area contributed by atoms with Gasteiger partial charge in [-0.3, -0.25) is 4.98 Å². The molecule has 1 aliphatic rings. The highest BCUT2D eigenvalue weighted by Gasteiger charge is 2.14. The van der Waals surface area contributed by atoms with Gasteiger partial charge >= 0.3 is 5.97 Å². The van der Waals surface area contributed by atoms with Crippen molar-refractivity contribution in [1.29, 1.82) is 5.26 Å². The summed E-state index contributed by atoms with van der Waals surface area (Å²) < 4.78 is 0. The van der Waals surface area contributed by atoms with Crippen LogP contribution in [0.5, 0.6) is 0 Å². The van der Waals surface area contributed by atoms with E-state index in [1.54, 1.807) is 6.07 Å². The molecule has 3 rings (SSSR count). The maximum absolute atomic E-state index is 11.1. The van der Waals surface area contributed by atoms with Crippen molar-refractivity contribution < 1.29 is 9.90 Å². The molecule has 1 aromatic heterocycles. The molecular weight excluding hydrogens is 314 g/mol. The summed E-state index contributed by atoms with van der Waals surface area (Å²) >= 11 is 0. The third-order valence-electron chi connectivity index (χ3n) is 4.75. The topological polar surface area (TPSA) is 86.0 Å². The number of benzene rings is 1. The number of carboxylic acids is 1. The molecule has 2 N–H and O–H groups in total. The number of carbonyl (C=O) groups is 1. The number of nitrogens with zero attached hydrogens (tertiary/aromatic N) is 2. The van der Waals surface area contributed by atoms with E-state index in [1.807, 2.05) is 12.1 Å². The number of anilines is 1. The van der Waals surface area contributed by atoms with Crippen LogP contribution in [0.1, 0.15) is 48.0 Å². The average molecular weight is 335 g/mol. The molecule has 0 unspecified atom stereocenters. The number of hydrogen-bond acceptors (Lipinski definition) is 4. The normalized spacial score (nSPS) is 14.7. The Bertz CT molecular complexity index is 805. The van der Waals surface area contributed by atoms with Crippen LogP contribution in [-0.2, 0) is 0 Å². The van der Waals surface area contributed by atoms with Gasteiger partial charge in [0.1, 0.15) is 6.07 Å². The molecule has 1 fully saturated rings. The van der Waals surface area contributed by atoms with E-state index in [9.17, 15) is 10.1 Å². The molecule has 1 saturated carbocycles. The van der Waals surface area contributed by atoms with Crippen molar-refractivity contribution >= 4 is 11.7 Å². The van der Waals surface area contributed by atoms with E-state index in [-0.39, 0.29) is 5.56 Å². The van der Waals surface area contributed by atoms with Gasteiger partial charge in [-0.2, -0.15) is 5.26 Å². The second-order valence-corrected chi connectivity index (χ2v) is 6.49. The molecule has 0 amide bonds. The lowest BCUT2D eigenvalue weighted by Gasteiger charge is -2.22. The summed E-state index contributed by atoms with van der Waals surface area (Å²) in [5.74, 6) is -0.316. The molecule has 0 saturated heterocycles. The van der Waals surface area contributed by atoms with Crippen molar-refractivity contribution in [3.8, 4) is 17.3 Å². The van der Waals surface area contributed by atoms with Gasteiger partial charge in [0.2, 0.25) is 0 Å². The number of aromatic nitrogens is 1. The fraction of sp³-hybridized carbons (Fsp3) is 0.350. The molecule has 128 valence electrons. The van der Waals surface area contributed by atoms with Crippen LogP contribution >= 0.6 is 0 Å². The van der Waals surface area contributed by atoms with E-state index < -0.39 is 5.97 Å². The summed E-state index contributed by atoms with van der Waals surface area (Å²) in [7, 11) is 0. The van der Waals surface area contributed by atoms with Gasteiger partial charge in [0.05, 0.1) is 22.5 Å². The Labute approximate surface area is 147 Å². The van der Waals surface area contributed by atoms with Gasteiger partial charge in [-0.1, -0.05) is 25.3 Å². The number of pyridine rings is 1. The van der Waals surface area contributed by atoms with Crippen LogP contribution in [0.4, 0.5) is 5.69 Å². The summed E-state index contributed by atoms with van der Waals surface area (Å²) in [5, 5.41) is 22.0. The predicted octanol–water partition coefficient (Wildman–Crippen LogP) is 4.31. The van der Waals surface area contributed by atoms with Gasteiger partial charge in [0.25, 0.3) is 0 Å². The molecule has 1 heterocycles. The molecule has 0 bridgehead atoms. The number of hydrogen-bond donors (Lipinski definition) is 2. The maximum atomic E-state index is 11.1. The van der Waals surface area contributed by atoms with E-state index in [4.69, 9.17) is 5.11 Å². The molecular formula is C20H21N3O2. The molecule has 0 spiro atoms. The Kier molecular flexibility index (Phi) is 5.30. The highest BCUT2D eigenvalue weighted by Crippen LogP contribution is 2.27. The zero-order valence-electron chi connectivity index (χ0n) is 14.0. The van der Waals surface area contributed by atoms with E-state index in [2.05, 4.69) is 16.4 Å². The molecule has 0 radical (unpaired) electrons. The third kappa shape index (κ3) is 4.16. The van der Waals surface area contributed by atoms with Crippen LogP contribution < -0.4 is 5.32 Å². The summed E-state index contributed by atoms with van der Waals surface area (Å²) in [6, 6.07) is 10.7. The van der Waals surface area contributed by atoms with Crippen molar-refractivity contribution in [3.63, 3.8) is 0 Å². The molecule has 0 atom stereocenters. The Balaban J connectivity index is 1.78. The van der Waals surface area contributed by atoms with Crippen molar-refractivity contribution in [2.24, 2.45) is 5.92 Å². The van der Waals surface area contributed by atoms with Crippen molar-refractivity contribution in [1.82, 2.24) is 4.98 Å². The first kappa shape index (κ1) is 17.0. The zero-order valence-corrected chi connectivity index (χ0v) is 14.0. The number of rotatable bonds is 5. The smallest absolute Gasteiger partial charge is 0.335 e. The van der Waals surface area contributed by atoms with Crippen LogP contribution in [0.3, 0.4) is 0 Å². The summed E-state index contributed by atoms with van der Waals surface area (Å²) in [4.78, 5) is 15.3. The maximum Gasteiger partial charge on any atom is 0.335 e. The molecule has 5 heteroatoms. The zero-order chi connectivity index (χ0) is 17.6. The largest absolute Gasteiger partial charge is 0.478 e. The fourth-order valence-corrected chi connectivity index (χ4v) is 3.32. The van der Waals surface area contributed by atoms with Crippen molar-refractivity contribution in [2.45, 2.75) is 32.1 Å². The van der Waals surface area contributed by atoms with Gasteiger partial charge in [-0.25, -0.2) is 4.79 Å². The van der Waals surface area contributed by atoms with Gasteiger partial charge in [0.15, 0.2) is 0 Å². The van der Waals surface area contributed by atoms with Gasteiger partial charge in [-0.05, 0) is 43.0 Å². The Morgan fingerprint density at radius 1 is 1.24 bits per heavy atom. The SMILES string of the molecule is N#Cc1cc(-c2cc(C(=O)O)ccn2)ccc1NCC1CCCCC1. The Morgan fingerprint density at radius 3 is 2.76 bits per heavy atom. The number of aromatic carboxylic acids is 1. The first-order valence-corrected chi connectivity index (χ1v) is 8.65. The van der Waals surface area contributed by atoms with E-state index >= 15 is 0 Å². The summed E-state index contributed by atoms with van der Waals surface area (Å²) in [6.07, 6.45) is 7.89. The second-order valence-electron chi connectivity index (χ2n) is 6.49. The first-order valence-electron chi connectivity index (χ1n) is 8.65. The van der Waals surface area contributed by atoms with E-state index in [0.29, 0.717) is 17.2 Å². The van der Waals surface area contributed by atoms with Crippen LogP contribution in [-0.4, -0.2) is 22.6 Å². The fourth-order valence-electron chi connectivity index (χ4n) is 3.32. The molecule has 2 aromatic rings. The van der Waals surface area contributed by atoms with Gasteiger partial charge < -0.3 is 10.4 Å². The number of nitrogens with one attached hydrogen (secondary N) is 1. The average Bonchev–Trinajstić information content (AvgIpc) is 2.67. The molecule has 5 nitrogen and oxygen atoms in total. The molecule has 25 heavy (non-hydrogen) atoms. The third-order valence-corrected chi connectivity index (χ3v) is 4.75. The van der Waals surface area contributed by atoms with Crippen LogP contribution in [0.2, 0.25) is 0 Å². The van der Waals surface area contributed by atoms with Crippen molar-refractivity contribution in [2.75, 3.05) is 11.9 Å². The van der Waals surface area contributed by atoms with Crippen molar-refractivity contribution in [3.05, 3.63) is 47.7 Å². The van der Waals surface area contributed by atoms with E-state index in [1.165, 1.54) is 50.4 Å². The molecule has 0 aliphatic heterocycles. The number of nitriles is 1. The quantitative estimate of drug-likeness (QED) is 0.850. The molecule has 1 aromatic carbocycles. The number of carboxylic acid groups (broad SMARTS) is 1. The van der Waals surface area contributed by atoms with Gasteiger partial charge in [-0.15, -0.1) is 0 Å². The lowest BCUT2D eigenvalue weighted by Crippen LogP contribution is -2.17. The minimum absolute atomic E-state index is 0.183. The van der Waals surface area contributed by atoms with Crippen LogP contribution in [0, 0.1) is 17.2 Å². The standard InChI is InChI=1S/C20H21N3O2/c21-12-17-10-15(19-11-16(20(24)25)8-9-22-19)6-7-18(17)23-13-14-4-2-1-3-5-14/h6-11,14,23H,1-5,13H2,(H,24,25). The first-order chi connectivity index (χ1) is 12.2. The minimum Gasteiger partial charge on any atom is -0.478 e. The summed E-state index contributed by atoms with van der Waals surface area (Å²) in [6.45, 7) is 0.890. The van der Waals surface area contributed by atoms with E-state index in [0.717, 1.165) is 17.8 Å². The monoisotopic (exact) mass is 335 g/mol. The van der Waals surface area contributed by atoms with Crippen LogP contribution in [0.25, 0.3) is 11.3 Å². The molecule has 1 aliphatic carbocycles. The van der Waals surface area contributed by atoms with Crippen LogP contribution in [0.15, 0.2) is 36.5 Å². The minimum atomic E-state index is -0.991. The predicted molar refractivity (Wildman–Crippen MR) is 96.4 cm³/mol.